The molecule has 0 fully saturated rings. The third-order valence-electron chi connectivity index (χ3n) is 3.41. The first-order valence-electron chi connectivity index (χ1n) is 6.72. The van der Waals surface area contributed by atoms with Gasteiger partial charge in [0.15, 0.2) is 0 Å². The third-order valence-corrected chi connectivity index (χ3v) is 5.13. The smallest absolute Gasteiger partial charge is 0.0567 e. The van der Waals surface area contributed by atoms with Crippen LogP contribution in [-0.2, 0) is 0 Å². The second kappa shape index (κ2) is 6.06. The summed E-state index contributed by atoms with van der Waals surface area (Å²) >= 11 is 5.48. The fourth-order valence-electron chi connectivity index (χ4n) is 2.48. The molecule has 1 nitrogen and oxygen atoms in total. The van der Waals surface area contributed by atoms with Crippen LogP contribution in [0.15, 0.2) is 59.2 Å². The first-order valence-corrected chi connectivity index (χ1v) is 8.57. The molecule has 0 aliphatic rings. The molecule has 0 aliphatic heterocycles. The molecule has 1 aromatic heterocycles. The van der Waals surface area contributed by atoms with Gasteiger partial charge in [0, 0.05) is 21.6 Å². The molecule has 1 atom stereocenters. The number of fused-ring (bicyclic) bond motifs is 1. The highest BCUT2D eigenvalue weighted by Gasteiger charge is 2.17. The van der Waals surface area contributed by atoms with E-state index in [1.807, 2.05) is 11.8 Å². The third kappa shape index (κ3) is 2.65. The Morgan fingerprint density at radius 3 is 2.60 bits per heavy atom. The average Bonchev–Trinajstić information content (AvgIpc) is 2.90. The van der Waals surface area contributed by atoms with Crippen LogP contribution in [0.2, 0.25) is 0 Å². The van der Waals surface area contributed by atoms with Crippen LogP contribution in [0.25, 0.3) is 10.9 Å². The number of para-hydroxylation sites is 1. The SMILES string of the molecule is CCSC(c1ccc(Br)cc1)c1c[nH]c2ccccc12. The van der Waals surface area contributed by atoms with Gasteiger partial charge in [-0.15, -0.1) is 11.8 Å². The van der Waals surface area contributed by atoms with E-state index < -0.39 is 0 Å². The van der Waals surface area contributed by atoms with Crippen LogP contribution in [-0.4, -0.2) is 10.7 Å². The molecule has 3 aromatic rings. The molecule has 1 unspecified atom stereocenters. The minimum Gasteiger partial charge on any atom is -0.361 e. The van der Waals surface area contributed by atoms with E-state index in [1.165, 1.54) is 22.0 Å². The van der Waals surface area contributed by atoms with Crippen molar-refractivity contribution in [3.8, 4) is 0 Å². The molecule has 0 saturated heterocycles. The monoisotopic (exact) mass is 345 g/mol. The number of thioether (sulfide) groups is 1. The normalized spacial score (nSPS) is 12.7. The number of rotatable bonds is 4. The van der Waals surface area contributed by atoms with Crippen LogP contribution in [0.4, 0.5) is 0 Å². The van der Waals surface area contributed by atoms with Gasteiger partial charge in [0.2, 0.25) is 0 Å². The highest BCUT2D eigenvalue weighted by Crippen LogP contribution is 2.39. The van der Waals surface area contributed by atoms with Crippen LogP contribution in [0.3, 0.4) is 0 Å². The molecular weight excluding hydrogens is 330 g/mol. The van der Waals surface area contributed by atoms with Crippen LogP contribution in [0.1, 0.15) is 23.3 Å². The standard InChI is InChI=1S/C17H16BrNS/c1-2-20-17(12-7-9-13(18)10-8-12)15-11-19-16-6-4-3-5-14(15)16/h3-11,17,19H,2H2,1H3. The molecule has 0 spiro atoms. The summed E-state index contributed by atoms with van der Waals surface area (Å²) in [6.45, 7) is 2.21. The number of benzene rings is 2. The lowest BCUT2D eigenvalue weighted by Gasteiger charge is -2.16. The maximum atomic E-state index is 3.51. The molecule has 0 saturated carbocycles. The van der Waals surface area contributed by atoms with Gasteiger partial charge in [0.25, 0.3) is 0 Å². The molecule has 1 heterocycles. The summed E-state index contributed by atoms with van der Waals surface area (Å²) in [5.41, 5.74) is 3.93. The number of halogens is 1. The van der Waals surface area contributed by atoms with E-state index in [1.54, 1.807) is 0 Å². The predicted molar refractivity (Wildman–Crippen MR) is 92.4 cm³/mol. The van der Waals surface area contributed by atoms with E-state index in [2.05, 4.69) is 82.6 Å². The summed E-state index contributed by atoms with van der Waals surface area (Å²) in [6, 6.07) is 17.2. The molecule has 2 aromatic carbocycles. The van der Waals surface area contributed by atoms with Gasteiger partial charge < -0.3 is 4.98 Å². The Labute approximate surface area is 131 Å². The van der Waals surface area contributed by atoms with Gasteiger partial charge in [-0.25, -0.2) is 0 Å². The van der Waals surface area contributed by atoms with Crippen molar-refractivity contribution in [2.75, 3.05) is 5.75 Å². The molecule has 0 radical (unpaired) electrons. The van der Waals surface area contributed by atoms with Crippen molar-refractivity contribution in [1.82, 2.24) is 4.98 Å². The molecule has 20 heavy (non-hydrogen) atoms. The van der Waals surface area contributed by atoms with Crippen molar-refractivity contribution in [3.63, 3.8) is 0 Å². The molecule has 3 rings (SSSR count). The van der Waals surface area contributed by atoms with Crippen LogP contribution < -0.4 is 0 Å². The van der Waals surface area contributed by atoms with Crippen molar-refractivity contribution in [3.05, 3.63) is 70.3 Å². The summed E-state index contributed by atoms with van der Waals surface area (Å²) in [6.07, 6.45) is 2.15. The maximum absolute atomic E-state index is 3.51. The Bertz CT molecular complexity index is 702. The zero-order valence-electron chi connectivity index (χ0n) is 11.3. The van der Waals surface area contributed by atoms with Gasteiger partial charge in [-0.2, -0.15) is 0 Å². The Kier molecular flexibility index (Phi) is 4.18. The quantitative estimate of drug-likeness (QED) is 0.634. The van der Waals surface area contributed by atoms with Gasteiger partial charge in [-0.1, -0.05) is 53.2 Å². The Balaban J connectivity index is 2.08. The summed E-state index contributed by atoms with van der Waals surface area (Å²) in [5.74, 6) is 1.10. The van der Waals surface area contributed by atoms with Crippen LogP contribution in [0, 0.1) is 0 Å². The minimum atomic E-state index is 0.379. The fourth-order valence-corrected chi connectivity index (χ4v) is 3.80. The number of H-pyrrole nitrogens is 1. The predicted octanol–water partition coefficient (Wildman–Crippen LogP) is 5.77. The molecule has 3 heteroatoms. The molecular formula is C17H16BrNS. The van der Waals surface area contributed by atoms with Gasteiger partial charge in [0.05, 0.1) is 5.25 Å². The zero-order valence-corrected chi connectivity index (χ0v) is 13.7. The van der Waals surface area contributed by atoms with E-state index >= 15 is 0 Å². The van der Waals surface area contributed by atoms with Crippen molar-refractivity contribution >= 4 is 38.6 Å². The fraction of sp³-hybridized carbons (Fsp3) is 0.176. The highest BCUT2D eigenvalue weighted by molar-refractivity contribution is 9.10. The minimum absolute atomic E-state index is 0.379. The number of hydrogen-bond donors (Lipinski definition) is 1. The molecule has 102 valence electrons. The number of aromatic amines is 1. The van der Waals surface area contributed by atoms with E-state index in [0.717, 1.165) is 10.2 Å². The van der Waals surface area contributed by atoms with E-state index in [0.29, 0.717) is 5.25 Å². The summed E-state index contributed by atoms with van der Waals surface area (Å²) in [5, 5.41) is 1.70. The lowest BCUT2D eigenvalue weighted by Crippen LogP contribution is -1.96. The van der Waals surface area contributed by atoms with Crippen molar-refractivity contribution in [1.29, 1.82) is 0 Å². The van der Waals surface area contributed by atoms with Gasteiger partial charge in [-0.05, 0) is 35.1 Å². The zero-order chi connectivity index (χ0) is 13.9. The molecule has 0 amide bonds. The maximum Gasteiger partial charge on any atom is 0.0567 e. The Morgan fingerprint density at radius 2 is 1.85 bits per heavy atom. The highest BCUT2D eigenvalue weighted by atomic mass is 79.9. The lowest BCUT2D eigenvalue weighted by atomic mass is 10.0. The second-order valence-electron chi connectivity index (χ2n) is 4.68. The van der Waals surface area contributed by atoms with Crippen LogP contribution >= 0.6 is 27.7 Å². The Morgan fingerprint density at radius 1 is 1.10 bits per heavy atom. The van der Waals surface area contributed by atoms with E-state index in [-0.39, 0.29) is 0 Å². The van der Waals surface area contributed by atoms with Gasteiger partial charge in [-0.3, -0.25) is 0 Å². The summed E-state index contributed by atoms with van der Waals surface area (Å²) in [7, 11) is 0. The van der Waals surface area contributed by atoms with E-state index in [9.17, 15) is 0 Å². The topological polar surface area (TPSA) is 15.8 Å². The van der Waals surface area contributed by atoms with Gasteiger partial charge >= 0.3 is 0 Å². The van der Waals surface area contributed by atoms with Gasteiger partial charge in [0.1, 0.15) is 0 Å². The first kappa shape index (κ1) is 13.8. The second-order valence-corrected chi connectivity index (χ2v) is 6.97. The summed E-state index contributed by atoms with van der Waals surface area (Å²) < 4.78 is 1.13. The number of hydrogen-bond acceptors (Lipinski definition) is 1. The Hall–Kier alpha value is -1.19. The van der Waals surface area contributed by atoms with Crippen LogP contribution in [0.5, 0.6) is 0 Å². The van der Waals surface area contributed by atoms with Crippen molar-refractivity contribution < 1.29 is 0 Å². The molecule has 0 aliphatic carbocycles. The lowest BCUT2D eigenvalue weighted by molar-refractivity contribution is 1.16. The number of aromatic nitrogens is 1. The average molecular weight is 346 g/mol. The molecule has 1 N–H and O–H groups in total. The van der Waals surface area contributed by atoms with E-state index in [4.69, 9.17) is 0 Å². The largest absolute Gasteiger partial charge is 0.361 e. The first-order chi connectivity index (χ1) is 9.79. The summed E-state index contributed by atoms with van der Waals surface area (Å²) in [4.78, 5) is 3.39. The molecule has 0 bridgehead atoms. The van der Waals surface area contributed by atoms with Crippen molar-refractivity contribution in [2.24, 2.45) is 0 Å². The van der Waals surface area contributed by atoms with Crippen molar-refractivity contribution in [2.45, 2.75) is 12.2 Å². The number of nitrogens with one attached hydrogen (secondary N) is 1.